The number of fused-ring (bicyclic) bond motifs is 2. The molecule has 0 aliphatic rings. The molecule has 3 heterocycles. The van der Waals surface area contributed by atoms with Crippen molar-refractivity contribution in [2.75, 3.05) is 0 Å². The Morgan fingerprint density at radius 2 is 1.71 bits per heavy atom. The molecule has 21 heavy (non-hydrogen) atoms. The average Bonchev–Trinajstić information content (AvgIpc) is 2.85. The molecule has 0 saturated heterocycles. The fourth-order valence-corrected chi connectivity index (χ4v) is 2.56. The van der Waals surface area contributed by atoms with Gasteiger partial charge in [-0.05, 0) is 31.2 Å². The Labute approximate surface area is 121 Å². The Morgan fingerprint density at radius 1 is 0.905 bits per heavy atom. The van der Waals surface area contributed by atoms with Gasteiger partial charge in [-0.1, -0.05) is 12.1 Å². The van der Waals surface area contributed by atoms with Crippen molar-refractivity contribution in [2.24, 2.45) is 7.05 Å². The summed E-state index contributed by atoms with van der Waals surface area (Å²) in [6.07, 6.45) is 1.76. The molecule has 3 aromatic heterocycles. The first-order chi connectivity index (χ1) is 10.2. The van der Waals surface area contributed by atoms with Crippen LogP contribution in [0.25, 0.3) is 33.7 Å². The van der Waals surface area contributed by atoms with Crippen LogP contribution in [-0.2, 0) is 7.05 Å². The number of pyridine rings is 1. The minimum atomic E-state index is 0.631. The van der Waals surface area contributed by atoms with Gasteiger partial charge in [0, 0.05) is 13.2 Å². The Kier molecular flexibility index (Phi) is 2.47. The molecule has 5 heteroatoms. The van der Waals surface area contributed by atoms with Gasteiger partial charge in [-0.25, -0.2) is 15.0 Å². The van der Waals surface area contributed by atoms with E-state index < -0.39 is 0 Å². The third-order valence-electron chi connectivity index (χ3n) is 3.62. The lowest BCUT2D eigenvalue weighted by atomic mass is 10.3. The molecule has 0 aliphatic carbocycles. The van der Waals surface area contributed by atoms with Crippen LogP contribution < -0.4 is 0 Å². The summed E-state index contributed by atoms with van der Waals surface area (Å²) >= 11 is 0. The smallest absolute Gasteiger partial charge is 0.196 e. The molecule has 0 atom stereocenters. The van der Waals surface area contributed by atoms with Crippen LogP contribution in [0.5, 0.6) is 0 Å². The summed E-state index contributed by atoms with van der Waals surface area (Å²) in [7, 11) is 1.98. The molecule has 1 aromatic carbocycles. The normalized spacial score (nSPS) is 11.3. The Balaban J connectivity index is 2.02. The fraction of sp³-hybridized carbons (Fsp3) is 0.125. The minimum Gasteiger partial charge on any atom is -0.324 e. The Morgan fingerprint density at radius 3 is 2.57 bits per heavy atom. The van der Waals surface area contributed by atoms with E-state index >= 15 is 0 Å². The molecule has 0 unspecified atom stereocenters. The number of rotatable bonds is 1. The lowest BCUT2D eigenvalue weighted by Gasteiger charge is -2.05. The molecule has 0 saturated carbocycles. The van der Waals surface area contributed by atoms with E-state index in [1.165, 1.54) is 0 Å². The van der Waals surface area contributed by atoms with Crippen LogP contribution >= 0.6 is 0 Å². The van der Waals surface area contributed by atoms with Crippen LogP contribution in [0.15, 0.2) is 42.6 Å². The number of para-hydroxylation sites is 2. The van der Waals surface area contributed by atoms with Crippen molar-refractivity contribution in [3.63, 3.8) is 0 Å². The van der Waals surface area contributed by atoms with Crippen LogP contribution in [0.1, 0.15) is 5.69 Å². The molecule has 0 aliphatic heterocycles. The van der Waals surface area contributed by atoms with E-state index in [1.54, 1.807) is 6.20 Å². The number of aryl methyl sites for hydroxylation is 2. The lowest BCUT2D eigenvalue weighted by Crippen LogP contribution is -2.00. The van der Waals surface area contributed by atoms with E-state index in [-0.39, 0.29) is 0 Å². The van der Waals surface area contributed by atoms with E-state index in [1.807, 2.05) is 54.9 Å². The number of nitrogens with zero attached hydrogens (tertiary/aromatic N) is 5. The second-order valence-electron chi connectivity index (χ2n) is 4.99. The summed E-state index contributed by atoms with van der Waals surface area (Å²) in [5, 5.41) is 0. The van der Waals surface area contributed by atoms with Gasteiger partial charge < -0.3 is 4.57 Å². The number of hydrogen-bond donors (Lipinski definition) is 0. The van der Waals surface area contributed by atoms with Gasteiger partial charge in [0.2, 0.25) is 0 Å². The van der Waals surface area contributed by atoms with Crippen molar-refractivity contribution >= 4 is 22.1 Å². The second-order valence-corrected chi connectivity index (χ2v) is 4.99. The topological polar surface area (TPSA) is 56.5 Å². The van der Waals surface area contributed by atoms with E-state index in [4.69, 9.17) is 0 Å². The van der Waals surface area contributed by atoms with E-state index in [2.05, 4.69) is 19.9 Å². The van der Waals surface area contributed by atoms with E-state index in [0.29, 0.717) is 5.82 Å². The summed E-state index contributed by atoms with van der Waals surface area (Å²) in [6.45, 7) is 1.95. The molecule has 0 N–H and O–H groups in total. The third kappa shape index (κ3) is 1.78. The molecule has 4 aromatic rings. The molecular weight excluding hydrogens is 262 g/mol. The summed E-state index contributed by atoms with van der Waals surface area (Å²) in [6, 6.07) is 11.9. The first kappa shape index (κ1) is 12.0. The predicted molar refractivity (Wildman–Crippen MR) is 81.8 cm³/mol. The molecular formula is C16H13N5. The summed E-state index contributed by atoms with van der Waals surface area (Å²) in [5.41, 5.74) is 4.55. The molecule has 0 bridgehead atoms. The second kappa shape index (κ2) is 4.34. The van der Waals surface area contributed by atoms with Crippen molar-refractivity contribution < 1.29 is 0 Å². The van der Waals surface area contributed by atoms with Crippen LogP contribution in [0.3, 0.4) is 0 Å². The largest absolute Gasteiger partial charge is 0.324 e. The summed E-state index contributed by atoms with van der Waals surface area (Å²) < 4.78 is 2.02. The standard InChI is InChI=1S/C16H13N5/c1-10-14-12(7-5-9-17-14)19-15(18-10)16-20-11-6-3-4-8-13(11)21(16)2/h3-9H,1-2H3. The highest BCUT2D eigenvalue weighted by atomic mass is 15.1. The zero-order chi connectivity index (χ0) is 14.4. The highest BCUT2D eigenvalue weighted by Crippen LogP contribution is 2.23. The minimum absolute atomic E-state index is 0.631. The van der Waals surface area contributed by atoms with E-state index in [9.17, 15) is 0 Å². The van der Waals surface area contributed by atoms with Crippen molar-refractivity contribution in [1.29, 1.82) is 0 Å². The highest BCUT2D eigenvalue weighted by molar-refractivity contribution is 5.81. The van der Waals surface area contributed by atoms with Crippen molar-refractivity contribution in [1.82, 2.24) is 24.5 Å². The maximum atomic E-state index is 4.65. The first-order valence-corrected chi connectivity index (χ1v) is 6.75. The number of hydrogen-bond acceptors (Lipinski definition) is 4. The maximum Gasteiger partial charge on any atom is 0.196 e. The Hall–Kier alpha value is -2.82. The molecule has 4 rings (SSSR count). The van der Waals surface area contributed by atoms with Crippen LogP contribution in [0, 0.1) is 6.92 Å². The van der Waals surface area contributed by atoms with Crippen molar-refractivity contribution in [3.8, 4) is 11.6 Å². The average molecular weight is 275 g/mol. The number of benzene rings is 1. The molecule has 0 spiro atoms. The van der Waals surface area contributed by atoms with E-state index in [0.717, 1.165) is 33.6 Å². The van der Waals surface area contributed by atoms with Crippen LogP contribution in [0.2, 0.25) is 0 Å². The molecule has 102 valence electrons. The first-order valence-electron chi connectivity index (χ1n) is 6.75. The van der Waals surface area contributed by atoms with Gasteiger partial charge in [0.25, 0.3) is 0 Å². The van der Waals surface area contributed by atoms with Gasteiger partial charge in [-0.2, -0.15) is 0 Å². The van der Waals surface area contributed by atoms with Crippen LogP contribution in [0.4, 0.5) is 0 Å². The van der Waals surface area contributed by atoms with Crippen molar-refractivity contribution in [2.45, 2.75) is 6.92 Å². The van der Waals surface area contributed by atoms with Gasteiger partial charge in [0.1, 0.15) is 5.52 Å². The molecule has 0 fully saturated rings. The highest BCUT2D eigenvalue weighted by Gasteiger charge is 2.14. The fourth-order valence-electron chi connectivity index (χ4n) is 2.56. The number of aromatic nitrogens is 5. The van der Waals surface area contributed by atoms with Gasteiger partial charge >= 0.3 is 0 Å². The quantitative estimate of drug-likeness (QED) is 0.536. The van der Waals surface area contributed by atoms with Crippen LogP contribution in [-0.4, -0.2) is 24.5 Å². The zero-order valence-electron chi connectivity index (χ0n) is 11.8. The van der Waals surface area contributed by atoms with Crippen molar-refractivity contribution in [3.05, 3.63) is 48.3 Å². The van der Waals surface area contributed by atoms with Gasteiger partial charge in [-0.15, -0.1) is 0 Å². The third-order valence-corrected chi connectivity index (χ3v) is 3.62. The van der Waals surface area contributed by atoms with Gasteiger partial charge in [0.05, 0.1) is 22.2 Å². The summed E-state index contributed by atoms with van der Waals surface area (Å²) in [4.78, 5) is 18.2. The van der Waals surface area contributed by atoms with Gasteiger partial charge in [0.15, 0.2) is 11.6 Å². The zero-order valence-corrected chi connectivity index (χ0v) is 11.8. The molecule has 0 amide bonds. The Bertz CT molecular complexity index is 971. The van der Waals surface area contributed by atoms with Gasteiger partial charge in [-0.3, -0.25) is 4.98 Å². The SMILES string of the molecule is Cc1nc(-c2nc3ccccc3n2C)nc2cccnc12. The lowest BCUT2D eigenvalue weighted by molar-refractivity contribution is 0.935. The number of imidazole rings is 1. The predicted octanol–water partition coefficient (Wildman–Crippen LogP) is 2.89. The monoisotopic (exact) mass is 275 g/mol. The maximum absolute atomic E-state index is 4.65. The molecule has 0 radical (unpaired) electrons. The molecule has 5 nitrogen and oxygen atoms in total. The summed E-state index contributed by atoms with van der Waals surface area (Å²) in [5.74, 6) is 1.40.